The Kier molecular flexibility index (Phi) is 7.43. The number of para-hydroxylation sites is 1. The van der Waals surface area contributed by atoms with Gasteiger partial charge in [-0.15, -0.1) is 0 Å². The van der Waals surface area contributed by atoms with Crippen LogP contribution in [0.1, 0.15) is 0 Å². The summed E-state index contributed by atoms with van der Waals surface area (Å²) in [5.41, 5.74) is 11.2. The van der Waals surface area contributed by atoms with E-state index in [0.717, 1.165) is 82.8 Å². The second-order valence-corrected chi connectivity index (χ2v) is 13.2. The van der Waals surface area contributed by atoms with Gasteiger partial charge in [-0.25, -0.2) is 15.0 Å². The molecule has 53 heavy (non-hydrogen) atoms. The normalized spacial score (nSPS) is 11.4. The topological polar surface area (TPSA) is 51.8 Å². The number of rotatable bonds is 6. The number of furan rings is 1. The Morgan fingerprint density at radius 3 is 1.45 bits per heavy atom. The zero-order valence-electron chi connectivity index (χ0n) is 28.6. The molecule has 0 fully saturated rings. The molecule has 4 nitrogen and oxygen atoms in total. The summed E-state index contributed by atoms with van der Waals surface area (Å²) >= 11 is 0. The minimum Gasteiger partial charge on any atom is -0.455 e. The van der Waals surface area contributed by atoms with Gasteiger partial charge >= 0.3 is 0 Å². The van der Waals surface area contributed by atoms with Crippen molar-refractivity contribution in [1.82, 2.24) is 15.0 Å². The molecule has 10 rings (SSSR count). The van der Waals surface area contributed by atoms with E-state index in [1.807, 2.05) is 18.2 Å². The molecule has 0 aliphatic heterocycles. The first-order chi connectivity index (χ1) is 26.3. The van der Waals surface area contributed by atoms with E-state index >= 15 is 0 Å². The fourth-order valence-corrected chi connectivity index (χ4v) is 7.32. The molecule has 0 radical (unpaired) electrons. The van der Waals surface area contributed by atoms with E-state index in [-0.39, 0.29) is 0 Å². The van der Waals surface area contributed by atoms with Gasteiger partial charge in [0.25, 0.3) is 0 Å². The van der Waals surface area contributed by atoms with Crippen LogP contribution in [0.25, 0.3) is 100 Å². The van der Waals surface area contributed by atoms with Gasteiger partial charge in [0, 0.05) is 38.4 Å². The highest BCUT2D eigenvalue weighted by atomic mass is 16.3. The average molecular weight is 678 g/mol. The summed E-state index contributed by atoms with van der Waals surface area (Å²) in [7, 11) is 0. The molecule has 4 heteroatoms. The van der Waals surface area contributed by atoms with Crippen molar-refractivity contribution in [3.63, 3.8) is 0 Å². The number of nitrogens with zero attached hydrogens (tertiary/aromatic N) is 3. The molecule has 8 aromatic carbocycles. The quantitative estimate of drug-likeness (QED) is 0.176. The van der Waals surface area contributed by atoms with E-state index in [4.69, 9.17) is 19.4 Å². The number of hydrogen-bond acceptors (Lipinski definition) is 4. The van der Waals surface area contributed by atoms with Crippen LogP contribution in [0.2, 0.25) is 0 Å². The lowest BCUT2D eigenvalue weighted by molar-refractivity contribution is 0.674. The molecular formula is C49H31N3O. The number of aromatic nitrogens is 3. The van der Waals surface area contributed by atoms with Crippen LogP contribution in [0.4, 0.5) is 0 Å². The predicted octanol–water partition coefficient (Wildman–Crippen LogP) is 12.9. The molecule has 0 amide bonds. The van der Waals surface area contributed by atoms with Gasteiger partial charge in [0.1, 0.15) is 11.2 Å². The maximum Gasteiger partial charge on any atom is 0.164 e. The van der Waals surface area contributed by atoms with E-state index in [9.17, 15) is 0 Å². The predicted molar refractivity (Wildman–Crippen MR) is 217 cm³/mol. The van der Waals surface area contributed by atoms with E-state index < -0.39 is 0 Å². The molecule has 2 heterocycles. The third kappa shape index (κ3) is 5.54. The molecular weight excluding hydrogens is 647 g/mol. The number of fused-ring (bicyclic) bond motifs is 5. The molecule has 0 spiro atoms. The summed E-state index contributed by atoms with van der Waals surface area (Å²) in [5.74, 6) is 1.83. The lowest BCUT2D eigenvalue weighted by Crippen LogP contribution is -2.01. The van der Waals surface area contributed by atoms with E-state index in [1.165, 1.54) is 0 Å². The molecule has 0 N–H and O–H groups in total. The smallest absolute Gasteiger partial charge is 0.164 e. The van der Waals surface area contributed by atoms with Crippen molar-refractivity contribution in [1.29, 1.82) is 0 Å². The van der Waals surface area contributed by atoms with Crippen molar-refractivity contribution in [3.8, 4) is 67.5 Å². The van der Waals surface area contributed by atoms with E-state index in [2.05, 4.69) is 170 Å². The summed E-state index contributed by atoms with van der Waals surface area (Å²) in [6, 6.07) is 65.0. The Morgan fingerprint density at radius 2 is 0.736 bits per heavy atom. The molecule has 0 atom stereocenters. The number of benzene rings is 8. The Bertz CT molecular complexity index is 2920. The van der Waals surface area contributed by atoms with Crippen LogP contribution < -0.4 is 0 Å². The van der Waals surface area contributed by atoms with Crippen molar-refractivity contribution >= 4 is 32.7 Å². The SMILES string of the molecule is c1ccc(-c2ccc(-c3nc(-c4cccc(-c5ccccc5)c4)nc(-c4cc5c6cccc(-c7ccccc7)c6oc5c5ccccc45)n3)cc2)cc1. The largest absolute Gasteiger partial charge is 0.455 e. The van der Waals surface area contributed by atoms with E-state index in [0.29, 0.717) is 17.5 Å². The van der Waals surface area contributed by atoms with Gasteiger partial charge < -0.3 is 4.42 Å². The molecule has 10 aromatic rings. The minimum atomic E-state index is 0.605. The maximum atomic E-state index is 6.78. The zero-order valence-corrected chi connectivity index (χ0v) is 28.6. The molecule has 248 valence electrons. The first-order valence-corrected chi connectivity index (χ1v) is 17.8. The summed E-state index contributed by atoms with van der Waals surface area (Å²) < 4.78 is 6.78. The highest BCUT2D eigenvalue weighted by Gasteiger charge is 2.20. The lowest BCUT2D eigenvalue weighted by atomic mass is 9.98. The second kappa shape index (κ2) is 12.9. The molecule has 0 aliphatic carbocycles. The van der Waals surface area contributed by atoms with Gasteiger partial charge in [-0.05, 0) is 45.3 Å². The summed E-state index contributed by atoms with van der Waals surface area (Å²) in [6.45, 7) is 0. The van der Waals surface area contributed by atoms with Crippen LogP contribution in [0, 0.1) is 0 Å². The summed E-state index contributed by atoms with van der Waals surface area (Å²) in [4.78, 5) is 15.6. The molecule has 0 saturated carbocycles. The minimum absolute atomic E-state index is 0.605. The fraction of sp³-hybridized carbons (Fsp3) is 0. The molecule has 0 unspecified atom stereocenters. The van der Waals surface area contributed by atoms with Crippen LogP contribution in [0.15, 0.2) is 192 Å². The fourth-order valence-electron chi connectivity index (χ4n) is 7.32. The molecule has 0 bridgehead atoms. The molecule has 2 aromatic heterocycles. The van der Waals surface area contributed by atoms with Crippen LogP contribution in [0.5, 0.6) is 0 Å². The van der Waals surface area contributed by atoms with Crippen LogP contribution in [0.3, 0.4) is 0 Å². The Labute approximate surface area is 306 Å². The van der Waals surface area contributed by atoms with E-state index in [1.54, 1.807) is 0 Å². The molecule has 0 saturated heterocycles. The number of hydrogen-bond donors (Lipinski definition) is 0. The van der Waals surface area contributed by atoms with Gasteiger partial charge in [-0.1, -0.05) is 176 Å². The van der Waals surface area contributed by atoms with Crippen molar-refractivity contribution < 1.29 is 4.42 Å². The third-order valence-electron chi connectivity index (χ3n) is 9.94. The Hall–Kier alpha value is -7.17. The van der Waals surface area contributed by atoms with Crippen molar-refractivity contribution in [2.24, 2.45) is 0 Å². The Balaban J connectivity index is 1.20. The summed E-state index contributed by atoms with van der Waals surface area (Å²) in [6.07, 6.45) is 0. The monoisotopic (exact) mass is 677 g/mol. The van der Waals surface area contributed by atoms with Gasteiger partial charge in [0.05, 0.1) is 0 Å². The molecule has 0 aliphatic rings. The highest BCUT2D eigenvalue weighted by molar-refractivity contribution is 6.20. The first kappa shape index (κ1) is 30.6. The second-order valence-electron chi connectivity index (χ2n) is 13.2. The van der Waals surface area contributed by atoms with Gasteiger partial charge in [0.15, 0.2) is 17.5 Å². The van der Waals surface area contributed by atoms with Gasteiger partial charge in [-0.3, -0.25) is 0 Å². The highest BCUT2D eigenvalue weighted by Crippen LogP contribution is 2.42. The maximum absolute atomic E-state index is 6.78. The average Bonchev–Trinajstić information content (AvgIpc) is 3.63. The lowest BCUT2D eigenvalue weighted by Gasteiger charge is -2.12. The van der Waals surface area contributed by atoms with Crippen LogP contribution in [-0.2, 0) is 0 Å². The van der Waals surface area contributed by atoms with Crippen molar-refractivity contribution in [2.75, 3.05) is 0 Å². The Morgan fingerprint density at radius 1 is 0.264 bits per heavy atom. The van der Waals surface area contributed by atoms with Crippen LogP contribution >= 0.6 is 0 Å². The van der Waals surface area contributed by atoms with Crippen LogP contribution in [-0.4, -0.2) is 15.0 Å². The third-order valence-corrected chi connectivity index (χ3v) is 9.94. The van der Waals surface area contributed by atoms with Crippen molar-refractivity contribution in [2.45, 2.75) is 0 Å². The zero-order chi connectivity index (χ0) is 35.1. The van der Waals surface area contributed by atoms with Gasteiger partial charge in [0.2, 0.25) is 0 Å². The standard InChI is InChI=1S/C49H31N3O/c1-4-14-32(15-5-1)34-26-28-36(29-27-34)47-50-48(38-21-12-20-37(30-38)33-16-6-2-7-17-33)52-49(51-47)44-31-43-42-25-13-24-39(35-18-8-3-9-19-35)45(42)53-46(43)41-23-11-10-22-40(41)44/h1-31H. The summed E-state index contributed by atoms with van der Waals surface area (Å²) in [5, 5.41) is 4.10. The van der Waals surface area contributed by atoms with Gasteiger partial charge in [-0.2, -0.15) is 0 Å². The van der Waals surface area contributed by atoms with Crippen molar-refractivity contribution in [3.05, 3.63) is 188 Å². The first-order valence-electron chi connectivity index (χ1n) is 17.8.